The van der Waals surface area contributed by atoms with Gasteiger partial charge in [0.1, 0.15) is 0 Å². The van der Waals surface area contributed by atoms with Crippen LogP contribution in [-0.2, 0) is 22.7 Å². The Labute approximate surface area is 114 Å². The van der Waals surface area contributed by atoms with Crippen molar-refractivity contribution in [1.82, 2.24) is 10.6 Å². The van der Waals surface area contributed by atoms with Crippen LogP contribution in [-0.4, -0.2) is 25.6 Å². The number of hydrogen-bond acceptors (Lipinski definition) is 3. The molecule has 0 spiro atoms. The fourth-order valence-electron chi connectivity index (χ4n) is 2.41. The Hall–Kier alpha value is -1.39. The lowest BCUT2D eigenvalue weighted by atomic mass is 10.0. The summed E-state index contributed by atoms with van der Waals surface area (Å²) in [6.07, 6.45) is 3.23. The fraction of sp³-hybridized carbons (Fsp3) is 0.533. The average molecular weight is 262 g/mol. The Morgan fingerprint density at radius 2 is 2.16 bits per heavy atom. The Bertz CT molecular complexity index is 414. The number of carbonyl (C=O) groups is 1. The highest BCUT2D eigenvalue weighted by atomic mass is 16.5. The minimum absolute atomic E-state index is 0.0247. The molecule has 0 aromatic heterocycles. The zero-order valence-corrected chi connectivity index (χ0v) is 11.4. The SMILES string of the molecule is COCc1ccccc1CNC(=O)[C@H]1CCCCN1. The molecule has 4 heteroatoms. The third kappa shape index (κ3) is 4.04. The number of methoxy groups -OCH3 is 1. The lowest BCUT2D eigenvalue weighted by Gasteiger charge is -2.22. The van der Waals surface area contributed by atoms with E-state index in [9.17, 15) is 4.79 Å². The number of amides is 1. The van der Waals surface area contributed by atoms with Crippen molar-refractivity contribution in [3.05, 3.63) is 35.4 Å². The molecule has 1 heterocycles. The Morgan fingerprint density at radius 3 is 2.84 bits per heavy atom. The normalized spacial score (nSPS) is 19.1. The van der Waals surface area contributed by atoms with Crippen LogP contribution in [0.2, 0.25) is 0 Å². The van der Waals surface area contributed by atoms with Crippen molar-refractivity contribution >= 4 is 5.91 Å². The molecule has 2 N–H and O–H groups in total. The van der Waals surface area contributed by atoms with Gasteiger partial charge in [-0.3, -0.25) is 4.79 Å². The van der Waals surface area contributed by atoms with E-state index in [1.807, 2.05) is 24.3 Å². The molecule has 104 valence electrons. The molecule has 19 heavy (non-hydrogen) atoms. The van der Waals surface area contributed by atoms with E-state index in [0.717, 1.165) is 30.5 Å². The summed E-state index contributed by atoms with van der Waals surface area (Å²) < 4.78 is 5.17. The lowest BCUT2D eigenvalue weighted by molar-refractivity contribution is -0.123. The highest BCUT2D eigenvalue weighted by molar-refractivity contribution is 5.81. The molecule has 0 bridgehead atoms. The number of piperidine rings is 1. The number of benzene rings is 1. The van der Waals surface area contributed by atoms with Crippen molar-refractivity contribution in [2.24, 2.45) is 0 Å². The van der Waals surface area contributed by atoms with Crippen LogP contribution in [0.15, 0.2) is 24.3 Å². The molecule has 0 radical (unpaired) electrons. The summed E-state index contributed by atoms with van der Waals surface area (Å²) in [4.78, 5) is 12.0. The quantitative estimate of drug-likeness (QED) is 0.847. The summed E-state index contributed by atoms with van der Waals surface area (Å²) in [5.41, 5.74) is 2.25. The minimum atomic E-state index is -0.0247. The average Bonchev–Trinajstić information content (AvgIpc) is 2.47. The van der Waals surface area contributed by atoms with Crippen molar-refractivity contribution < 1.29 is 9.53 Å². The lowest BCUT2D eigenvalue weighted by Crippen LogP contribution is -2.46. The first-order valence-electron chi connectivity index (χ1n) is 6.88. The van der Waals surface area contributed by atoms with Gasteiger partial charge in [0.05, 0.1) is 12.6 Å². The summed E-state index contributed by atoms with van der Waals surface area (Å²) in [5, 5.41) is 6.27. The number of rotatable bonds is 5. The second-order valence-corrected chi connectivity index (χ2v) is 4.92. The fourth-order valence-corrected chi connectivity index (χ4v) is 2.41. The maximum atomic E-state index is 12.0. The van der Waals surface area contributed by atoms with Crippen LogP contribution in [0.4, 0.5) is 0 Å². The van der Waals surface area contributed by atoms with Crippen molar-refractivity contribution in [3.63, 3.8) is 0 Å². The van der Waals surface area contributed by atoms with E-state index < -0.39 is 0 Å². The molecule has 0 saturated carbocycles. The first-order valence-corrected chi connectivity index (χ1v) is 6.88. The van der Waals surface area contributed by atoms with Crippen LogP contribution in [0.5, 0.6) is 0 Å². The van der Waals surface area contributed by atoms with Gasteiger partial charge in [0.25, 0.3) is 0 Å². The molecule has 1 fully saturated rings. The monoisotopic (exact) mass is 262 g/mol. The summed E-state index contributed by atoms with van der Waals surface area (Å²) in [6, 6.07) is 8.01. The molecular weight excluding hydrogens is 240 g/mol. The zero-order valence-electron chi connectivity index (χ0n) is 11.4. The van der Waals surface area contributed by atoms with Crippen LogP contribution in [0.1, 0.15) is 30.4 Å². The summed E-state index contributed by atoms with van der Waals surface area (Å²) in [6.45, 7) is 2.09. The van der Waals surface area contributed by atoms with E-state index in [4.69, 9.17) is 4.74 Å². The molecule has 4 nitrogen and oxygen atoms in total. The molecule has 2 rings (SSSR count). The second-order valence-electron chi connectivity index (χ2n) is 4.92. The maximum Gasteiger partial charge on any atom is 0.237 e. The van der Waals surface area contributed by atoms with E-state index in [2.05, 4.69) is 10.6 Å². The predicted molar refractivity (Wildman–Crippen MR) is 74.6 cm³/mol. The number of ether oxygens (including phenoxy) is 1. The largest absolute Gasteiger partial charge is 0.380 e. The van der Waals surface area contributed by atoms with Gasteiger partial charge in [-0.15, -0.1) is 0 Å². The first-order chi connectivity index (χ1) is 9.31. The summed E-state index contributed by atoms with van der Waals surface area (Å²) in [5.74, 6) is 0.104. The minimum Gasteiger partial charge on any atom is -0.380 e. The number of nitrogens with one attached hydrogen (secondary N) is 2. The van der Waals surface area contributed by atoms with Gasteiger partial charge < -0.3 is 15.4 Å². The molecule has 1 aliphatic heterocycles. The molecule has 1 aromatic rings. The van der Waals surface area contributed by atoms with Crippen molar-refractivity contribution in [2.45, 2.75) is 38.5 Å². The first kappa shape index (κ1) is 14.0. The smallest absolute Gasteiger partial charge is 0.237 e. The van der Waals surface area contributed by atoms with Crippen molar-refractivity contribution in [2.75, 3.05) is 13.7 Å². The Morgan fingerprint density at radius 1 is 1.37 bits per heavy atom. The van der Waals surface area contributed by atoms with Gasteiger partial charge in [-0.25, -0.2) is 0 Å². The van der Waals surface area contributed by atoms with Crippen molar-refractivity contribution in [1.29, 1.82) is 0 Å². The van der Waals surface area contributed by atoms with Crippen LogP contribution >= 0.6 is 0 Å². The van der Waals surface area contributed by atoms with E-state index in [1.165, 1.54) is 6.42 Å². The molecule has 0 aliphatic carbocycles. The molecule has 1 aromatic carbocycles. The maximum absolute atomic E-state index is 12.0. The van der Waals surface area contributed by atoms with Crippen LogP contribution in [0, 0.1) is 0 Å². The predicted octanol–water partition coefficient (Wildman–Crippen LogP) is 1.59. The zero-order chi connectivity index (χ0) is 13.5. The third-order valence-electron chi connectivity index (χ3n) is 3.50. The number of hydrogen-bond donors (Lipinski definition) is 2. The Kier molecular flexibility index (Phi) is 5.36. The van der Waals surface area contributed by atoms with E-state index in [-0.39, 0.29) is 11.9 Å². The van der Waals surface area contributed by atoms with Crippen LogP contribution in [0.25, 0.3) is 0 Å². The molecule has 1 saturated heterocycles. The standard InChI is InChI=1S/C15H22N2O2/c1-19-11-13-7-3-2-6-12(13)10-17-15(18)14-8-4-5-9-16-14/h2-3,6-7,14,16H,4-5,8-11H2,1H3,(H,17,18)/t14-/m1/s1. The molecule has 1 atom stereocenters. The van der Waals surface area contributed by atoms with Gasteiger partial charge in [0.15, 0.2) is 0 Å². The Balaban J connectivity index is 1.89. The third-order valence-corrected chi connectivity index (χ3v) is 3.50. The number of carbonyl (C=O) groups excluding carboxylic acids is 1. The van der Waals surface area contributed by atoms with Crippen molar-refractivity contribution in [3.8, 4) is 0 Å². The molecular formula is C15H22N2O2. The van der Waals surface area contributed by atoms with Crippen LogP contribution < -0.4 is 10.6 Å². The molecule has 0 unspecified atom stereocenters. The van der Waals surface area contributed by atoms with E-state index in [0.29, 0.717) is 13.2 Å². The van der Waals surface area contributed by atoms with E-state index >= 15 is 0 Å². The van der Waals surface area contributed by atoms with Gasteiger partial charge in [-0.2, -0.15) is 0 Å². The highest BCUT2D eigenvalue weighted by Crippen LogP contribution is 2.11. The summed E-state index contributed by atoms with van der Waals surface area (Å²) >= 11 is 0. The topological polar surface area (TPSA) is 50.4 Å². The molecule has 1 amide bonds. The van der Waals surface area contributed by atoms with Gasteiger partial charge in [0.2, 0.25) is 5.91 Å². The highest BCUT2D eigenvalue weighted by Gasteiger charge is 2.20. The van der Waals surface area contributed by atoms with Gasteiger partial charge in [0, 0.05) is 13.7 Å². The van der Waals surface area contributed by atoms with Gasteiger partial charge >= 0.3 is 0 Å². The van der Waals surface area contributed by atoms with Gasteiger partial charge in [-0.1, -0.05) is 30.7 Å². The van der Waals surface area contributed by atoms with E-state index in [1.54, 1.807) is 7.11 Å². The van der Waals surface area contributed by atoms with Gasteiger partial charge in [-0.05, 0) is 30.5 Å². The second kappa shape index (κ2) is 7.26. The summed E-state index contributed by atoms with van der Waals surface area (Å²) in [7, 11) is 1.68. The van der Waals surface area contributed by atoms with Crippen LogP contribution in [0.3, 0.4) is 0 Å². The molecule has 1 aliphatic rings.